The molecule has 0 spiro atoms. The molecule has 2 aromatic carbocycles. The van der Waals surface area contributed by atoms with Gasteiger partial charge in [-0.2, -0.15) is 4.73 Å². The number of sulfonamides is 1. The van der Waals surface area contributed by atoms with Gasteiger partial charge in [-0.25, -0.2) is 17.7 Å². The van der Waals surface area contributed by atoms with Crippen LogP contribution < -0.4 is 18.7 Å². The van der Waals surface area contributed by atoms with Crippen molar-refractivity contribution in [3.05, 3.63) is 114 Å². The van der Waals surface area contributed by atoms with Crippen LogP contribution in [0, 0.1) is 5.21 Å². The number of methoxy groups -OCH3 is 1. The van der Waals surface area contributed by atoms with E-state index in [1.807, 2.05) is 23.1 Å². The van der Waals surface area contributed by atoms with Crippen LogP contribution in [0.1, 0.15) is 11.1 Å². The molecule has 0 radical (unpaired) electrons. The Kier molecular flexibility index (Phi) is 12.1. The predicted octanol–water partition coefficient (Wildman–Crippen LogP) is 4.28. The number of carbonyl (C=O) groups is 1. The fourth-order valence-corrected chi connectivity index (χ4v) is 6.16. The number of ether oxygens (including phenoxy) is 1. The number of pyridine rings is 2. The van der Waals surface area contributed by atoms with Crippen molar-refractivity contribution in [3.8, 4) is 5.75 Å². The van der Waals surface area contributed by atoms with Gasteiger partial charge >= 0.3 is 0 Å². The second kappa shape index (κ2) is 15.5. The highest BCUT2D eigenvalue weighted by Crippen LogP contribution is 2.30. The number of hydrogen-bond acceptors (Lipinski definition) is 8. The molecule has 10 nitrogen and oxygen atoms in total. The molecule has 1 amide bonds. The summed E-state index contributed by atoms with van der Waals surface area (Å²) in [5.41, 5.74) is 1.51. The molecule has 0 bridgehead atoms. The van der Waals surface area contributed by atoms with Crippen molar-refractivity contribution in [2.75, 3.05) is 49.0 Å². The number of piperazine rings is 1. The van der Waals surface area contributed by atoms with Crippen molar-refractivity contribution in [2.45, 2.75) is 4.90 Å². The van der Waals surface area contributed by atoms with Crippen LogP contribution in [0.5, 0.6) is 5.75 Å². The molecular weight excluding hydrogens is 625 g/mol. The maximum atomic E-state index is 14.1. The third kappa shape index (κ3) is 8.06. The summed E-state index contributed by atoms with van der Waals surface area (Å²) in [5.74, 6) is 0.810. The molecular formula is C31H33Cl2N5O5S. The fraction of sp³-hybridized carbons (Fsp3) is 0.194. The Morgan fingerprint density at radius 3 is 2.23 bits per heavy atom. The van der Waals surface area contributed by atoms with Crippen LogP contribution in [0.3, 0.4) is 0 Å². The van der Waals surface area contributed by atoms with Crippen molar-refractivity contribution >= 4 is 64.4 Å². The average molecular weight is 659 g/mol. The van der Waals surface area contributed by atoms with E-state index in [9.17, 15) is 18.4 Å². The Morgan fingerprint density at radius 1 is 0.932 bits per heavy atom. The van der Waals surface area contributed by atoms with Crippen LogP contribution in [0.25, 0.3) is 12.2 Å². The van der Waals surface area contributed by atoms with Crippen LogP contribution in [0.4, 0.5) is 11.5 Å². The van der Waals surface area contributed by atoms with Crippen LogP contribution in [-0.2, 0) is 14.8 Å². The van der Waals surface area contributed by atoms with Gasteiger partial charge in [0.25, 0.3) is 15.9 Å². The third-order valence-corrected chi connectivity index (χ3v) is 8.72. The first-order valence-corrected chi connectivity index (χ1v) is 14.9. The quantitative estimate of drug-likeness (QED) is 0.194. The van der Waals surface area contributed by atoms with Crippen molar-refractivity contribution < 1.29 is 22.7 Å². The van der Waals surface area contributed by atoms with Gasteiger partial charge in [0.1, 0.15) is 11.6 Å². The van der Waals surface area contributed by atoms with Gasteiger partial charge in [-0.05, 0) is 53.6 Å². The van der Waals surface area contributed by atoms with E-state index in [0.29, 0.717) is 42.2 Å². The Morgan fingerprint density at radius 2 is 1.59 bits per heavy atom. The monoisotopic (exact) mass is 657 g/mol. The van der Waals surface area contributed by atoms with Gasteiger partial charge in [0.05, 0.1) is 24.2 Å². The Balaban J connectivity index is 0.00000264. The lowest BCUT2D eigenvalue weighted by atomic mass is 10.1. The van der Waals surface area contributed by atoms with Crippen molar-refractivity contribution in [1.82, 2.24) is 9.88 Å². The van der Waals surface area contributed by atoms with Crippen molar-refractivity contribution in [3.63, 3.8) is 0 Å². The van der Waals surface area contributed by atoms with Crippen molar-refractivity contribution in [1.29, 1.82) is 0 Å². The number of anilines is 2. The van der Waals surface area contributed by atoms with Crippen LogP contribution in [-0.4, -0.2) is 64.0 Å². The summed E-state index contributed by atoms with van der Waals surface area (Å²) >= 11 is 0. The number of benzene rings is 2. The number of halogens is 2. The first-order valence-electron chi connectivity index (χ1n) is 13.4. The van der Waals surface area contributed by atoms with E-state index in [2.05, 4.69) is 9.88 Å². The lowest BCUT2D eigenvalue weighted by molar-refractivity contribution is -0.605. The second-order valence-electron chi connectivity index (χ2n) is 9.67. The molecule has 44 heavy (non-hydrogen) atoms. The van der Waals surface area contributed by atoms with Gasteiger partial charge in [0, 0.05) is 44.5 Å². The number of para-hydroxylation sites is 1. The SMILES string of the molecule is COc1ccc(S(=O)(=O)N(C(=O)CN2CCN(c3ccccn3)CC2)c2ccccc2/C=C/c2cc[n+]([O-])cc2)cc1.Cl.Cl. The number of aromatic nitrogens is 2. The topological polar surface area (TPSA) is 110 Å². The van der Waals surface area contributed by atoms with Crippen LogP contribution in [0.2, 0.25) is 0 Å². The minimum absolute atomic E-state index is 0. The number of rotatable bonds is 9. The highest BCUT2D eigenvalue weighted by Gasteiger charge is 2.34. The highest BCUT2D eigenvalue weighted by atomic mass is 35.5. The van der Waals surface area contributed by atoms with Gasteiger partial charge < -0.3 is 14.8 Å². The Bertz CT molecular complexity index is 1650. The third-order valence-electron chi connectivity index (χ3n) is 6.97. The molecule has 1 fully saturated rings. The highest BCUT2D eigenvalue weighted by molar-refractivity contribution is 7.93. The zero-order chi connectivity index (χ0) is 29.5. The lowest BCUT2D eigenvalue weighted by Gasteiger charge is -2.36. The molecule has 1 aliphatic heterocycles. The Hall–Kier alpha value is -4.16. The normalized spacial score (nSPS) is 13.5. The van der Waals surface area contributed by atoms with E-state index in [-0.39, 0.29) is 41.9 Å². The van der Waals surface area contributed by atoms with Crippen molar-refractivity contribution in [2.24, 2.45) is 0 Å². The smallest absolute Gasteiger partial charge is 0.270 e. The minimum atomic E-state index is -4.29. The average Bonchev–Trinajstić information content (AvgIpc) is 3.02. The summed E-state index contributed by atoms with van der Waals surface area (Å²) in [6.07, 6.45) is 8.00. The fourth-order valence-electron chi connectivity index (χ4n) is 4.72. The standard InChI is InChI=1S/C31H31N5O5S.2ClH/c1-41-27-11-13-28(14-12-27)42(39,40)36(29-7-3-2-6-26(29)10-9-25-15-18-35(38)19-16-25)31(37)24-33-20-22-34(23-21-33)30-8-4-5-17-32-30;;/h2-19H,20-24H2,1H3;2*1H/b10-9+;;. The van der Waals surface area contributed by atoms with E-state index in [0.717, 1.165) is 15.7 Å². The maximum Gasteiger partial charge on any atom is 0.270 e. The molecule has 13 heteroatoms. The van der Waals surface area contributed by atoms with Crippen LogP contribution in [0.15, 0.2) is 102 Å². The van der Waals surface area contributed by atoms with E-state index >= 15 is 0 Å². The van der Waals surface area contributed by atoms with Gasteiger partial charge in [-0.3, -0.25) is 9.69 Å². The lowest BCUT2D eigenvalue weighted by Crippen LogP contribution is -2.51. The molecule has 5 rings (SSSR count). The first-order chi connectivity index (χ1) is 20.3. The minimum Gasteiger partial charge on any atom is -0.619 e. The predicted molar refractivity (Wildman–Crippen MR) is 176 cm³/mol. The molecule has 232 valence electrons. The molecule has 2 aromatic heterocycles. The van der Waals surface area contributed by atoms with Crippen LogP contribution >= 0.6 is 24.8 Å². The summed E-state index contributed by atoms with van der Waals surface area (Å²) in [4.78, 5) is 22.4. The summed E-state index contributed by atoms with van der Waals surface area (Å²) in [7, 11) is -2.79. The first kappa shape index (κ1) is 34.3. The van der Waals surface area contributed by atoms with Gasteiger partial charge in [-0.15, -0.1) is 24.8 Å². The summed E-state index contributed by atoms with van der Waals surface area (Å²) < 4.78 is 34.9. The zero-order valence-electron chi connectivity index (χ0n) is 23.9. The molecule has 3 heterocycles. The molecule has 0 N–H and O–H groups in total. The number of nitrogens with zero attached hydrogens (tertiary/aromatic N) is 5. The van der Waals surface area contributed by atoms with Gasteiger partial charge in [0.2, 0.25) is 0 Å². The second-order valence-corrected chi connectivity index (χ2v) is 11.5. The number of carbonyl (C=O) groups excluding carboxylic acids is 1. The van der Waals surface area contributed by atoms with E-state index < -0.39 is 15.9 Å². The van der Waals surface area contributed by atoms with E-state index in [1.54, 1.807) is 66.9 Å². The molecule has 0 saturated carbocycles. The molecule has 0 atom stereocenters. The largest absolute Gasteiger partial charge is 0.619 e. The molecule has 0 unspecified atom stereocenters. The zero-order valence-corrected chi connectivity index (χ0v) is 26.4. The number of hydrogen-bond donors (Lipinski definition) is 0. The maximum absolute atomic E-state index is 14.1. The summed E-state index contributed by atoms with van der Waals surface area (Å²) in [5, 5.41) is 11.4. The summed E-state index contributed by atoms with van der Waals surface area (Å²) in [6, 6.07) is 21.8. The van der Waals surface area contributed by atoms with Gasteiger partial charge in [0.15, 0.2) is 12.4 Å². The van der Waals surface area contributed by atoms with E-state index in [4.69, 9.17) is 4.74 Å². The molecule has 0 aliphatic carbocycles. The molecule has 4 aromatic rings. The Labute approximate surface area is 269 Å². The summed E-state index contributed by atoms with van der Waals surface area (Å²) in [6.45, 7) is 2.40. The molecule has 1 saturated heterocycles. The number of amides is 1. The van der Waals surface area contributed by atoms with E-state index in [1.165, 1.54) is 31.6 Å². The molecule has 1 aliphatic rings. The van der Waals surface area contributed by atoms with Gasteiger partial charge in [-0.1, -0.05) is 36.4 Å².